The molecule has 1 aromatic carbocycles. The van der Waals surface area contributed by atoms with Gasteiger partial charge < -0.3 is 5.32 Å². The van der Waals surface area contributed by atoms with Gasteiger partial charge in [0.1, 0.15) is 0 Å². The van der Waals surface area contributed by atoms with Crippen LogP contribution in [0.2, 0.25) is 0 Å². The first kappa shape index (κ1) is 21.8. The Morgan fingerprint density at radius 3 is 2.20 bits per heavy atom. The number of para-hydroxylation sites is 1. The summed E-state index contributed by atoms with van der Waals surface area (Å²) in [6, 6.07) is 7.39. The number of unbranched alkanes of at least 4 members (excludes halogenated alkanes) is 9. The summed E-state index contributed by atoms with van der Waals surface area (Å²) in [6.45, 7) is 3.12. The number of halogens is 1. The van der Waals surface area contributed by atoms with E-state index in [9.17, 15) is 4.79 Å². The van der Waals surface area contributed by atoms with Crippen molar-refractivity contribution >= 4 is 22.5 Å². The maximum atomic E-state index is 11.3. The second-order valence-corrected chi connectivity index (χ2v) is 6.97. The Bertz CT molecular complexity index is 499. The van der Waals surface area contributed by atoms with E-state index in [1.165, 1.54) is 57.8 Å². The van der Waals surface area contributed by atoms with E-state index in [-0.39, 0.29) is 0 Å². The SMILES string of the molecule is CCCCCCCCCCC=CCCCNc1ccccc1C(=O)Cl. The van der Waals surface area contributed by atoms with Gasteiger partial charge in [0.25, 0.3) is 5.24 Å². The monoisotopic (exact) mass is 363 g/mol. The zero-order chi connectivity index (χ0) is 18.2. The second-order valence-electron chi connectivity index (χ2n) is 6.62. The Morgan fingerprint density at radius 2 is 1.52 bits per heavy atom. The third kappa shape index (κ3) is 11.0. The molecule has 0 fully saturated rings. The van der Waals surface area contributed by atoms with E-state index in [1.807, 2.05) is 18.2 Å². The van der Waals surface area contributed by atoms with E-state index in [4.69, 9.17) is 11.6 Å². The first-order valence-electron chi connectivity index (χ1n) is 9.93. The van der Waals surface area contributed by atoms with E-state index in [1.54, 1.807) is 6.07 Å². The molecule has 0 atom stereocenters. The Morgan fingerprint density at radius 1 is 0.920 bits per heavy atom. The Kier molecular flexibility index (Phi) is 13.1. The zero-order valence-corrected chi connectivity index (χ0v) is 16.5. The average molecular weight is 364 g/mol. The fraction of sp³-hybridized carbons (Fsp3) is 0.591. The van der Waals surface area contributed by atoms with Gasteiger partial charge in [-0.3, -0.25) is 4.79 Å². The van der Waals surface area contributed by atoms with Crippen LogP contribution in [0.3, 0.4) is 0 Å². The van der Waals surface area contributed by atoms with E-state index in [0.29, 0.717) is 5.56 Å². The van der Waals surface area contributed by atoms with E-state index >= 15 is 0 Å². The molecule has 2 nitrogen and oxygen atoms in total. The van der Waals surface area contributed by atoms with Crippen molar-refractivity contribution in [3.8, 4) is 0 Å². The second kappa shape index (κ2) is 15.0. The van der Waals surface area contributed by atoms with Gasteiger partial charge in [-0.2, -0.15) is 0 Å². The lowest BCUT2D eigenvalue weighted by atomic mass is 10.1. The van der Waals surface area contributed by atoms with Gasteiger partial charge in [-0.1, -0.05) is 76.2 Å². The summed E-state index contributed by atoms with van der Waals surface area (Å²) in [5, 5.41) is 2.89. The van der Waals surface area contributed by atoms with Crippen molar-refractivity contribution < 1.29 is 4.79 Å². The first-order valence-corrected chi connectivity index (χ1v) is 10.3. The fourth-order valence-electron chi connectivity index (χ4n) is 2.88. The topological polar surface area (TPSA) is 29.1 Å². The average Bonchev–Trinajstić information content (AvgIpc) is 2.62. The number of nitrogens with one attached hydrogen (secondary N) is 1. The lowest BCUT2D eigenvalue weighted by Crippen LogP contribution is -2.05. The summed E-state index contributed by atoms with van der Waals surface area (Å²) < 4.78 is 0. The number of benzene rings is 1. The minimum atomic E-state index is -0.409. The molecule has 3 heteroatoms. The number of rotatable bonds is 15. The number of carbonyl (C=O) groups is 1. The lowest BCUT2D eigenvalue weighted by Gasteiger charge is -2.08. The fourth-order valence-corrected chi connectivity index (χ4v) is 3.05. The standard InChI is InChI=1S/C22H34ClNO/c1-2-3-4-5-6-7-8-9-10-11-12-13-16-19-24-21-18-15-14-17-20(21)22(23)25/h11-12,14-15,17-18,24H,2-10,13,16,19H2,1H3. The van der Waals surface area contributed by atoms with Crippen LogP contribution >= 0.6 is 11.6 Å². The van der Waals surface area contributed by atoms with Gasteiger partial charge in [0.15, 0.2) is 0 Å². The maximum absolute atomic E-state index is 11.3. The van der Waals surface area contributed by atoms with Crippen LogP contribution < -0.4 is 5.32 Å². The first-order chi connectivity index (χ1) is 12.3. The van der Waals surface area contributed by atoms with Gasteiger partial charge in [0.05, 0.1) is 5.56 Å². The van der Waals surface area contributed by atoms with Crippen LogP contribution in [0.4, 0.5) is 5.69 Å². The normalized spacial score (nSPS) is 11.1. The molecule has 0 unspecified atom stereocenters. The Balaban J connectivity index is 1.98. The molecule has 0 bridgehead atoms. The number of hydrogen-bond donors (Lipinski definition) is 1. The summed E-state index contributed by atoms with van der Waals surface area (Å²) >= 11 is 5.58. The summed E-state index contributed by atoms with van der Waals surface area (Å²) in [5.41, 5.74) is 1.37. The van der Waals surface area contributed by atoms with Crippen LogP contribution in [0.15, 0.2) is 36.4 Å². The van der Waals surface area contributed by atoms with Gasteiger partial charge >= 0.3 is 0 Å². The quantitative estimate of drug-likeness (QED) is 0.200. The molecule has 0 aliphatic rings. The molecule has 0 radical (unpaired) electrons. The van der Waals surface area contributed by atoms with Crippen molar-refractivity contribution in [2.24, 2.45) is 0 Å². The van der Waals surface area contributed by atoms with E-state index in [0.717, 1.165) is 25.1 Å². The smallest absolute Gasteiger partial charge is 0.254 e. The molecule has 0 saturated carbocycles. The molecular weight excluding hydrogens is 330 g/mol. The van der Waals surface area contributed by atoms with Crippen LogP contribution in [-0.2, 0) is 0 Å². The highest BCUT2D eigenvalue weighted by Gasteiger charge is 2.06. The van der Waals surface area contributed by atoms with E-state index in [2.05, 4.69) is 24.4 Å². The van der Waals surface area contributed by atoms with Crippen LogP contribution in [-0.4, -0.2) is 11.8 Å². The number of carbonyl (C=O) groups excluding carboxylic acids is 1. The largest absolute Gasteiger partial charge is 0.384 e. The molecular formula is C22H34ClNO. The molecule has 1 rings (SSSR count). The zero-order valence-electron chi connectivity index (χ0n) is 15.7. The van der Waals surface area contributed by atoms with Crippen molar-refractivity contribution in [3.63, 3.8) is 0 Å². The van der Waals surface area contributed by atoms with Gasteiger partial charge in [0, 0.05) is 12.2 Å². The molecule has 1 aromatic rings. The number of allylic oxidation sites excluding steroid dienone is 2. The minimum Gasteiger partial charge on any atom is -0.384 e. The highest BCUT2D eigenvalue weighted by Crippen LogP contribution is 2.17. The molecule has 0 aliphatic heterocycles. The van der Waals surface area contributed by atoms with Crippen LogP contribution in [0.1, 0.15) is 87.9 Å². The summed E-state index contributed by atoms with van der Waals surface area (Å²) in [5.74, 6) is 0. The minimum absolute atomic E-state index is 0.409. The molecule has 140 valence electrons. The van der Waals surface area contributed by atoms with Crippen molar-refractivity contribution in [1.29, 1.82) is 0 Å². The summed E-state index contributed by atoms with van der Waals surface area (Å²) in [4.78, 5) is 11.3. The third-order valence-electron chi connectivity index (χ3n) is 4.39. The van der Waals surface area contributed by atoms with Gasteiger partial charge in [-0.05, 0) is 49.4 Å². The molecule has 0 heterocycles. The molecule has 1 N–H and O–H groups in total. The molecule has 0 aliphatic carbocycles. The molecule has 0 saturated heterocycles. The van der Waals surface area contributed by atoms with Crippen molar-refractivity contribution in [1.82, 2.24) is 0 Å². The number of hydrogen-bond acceptors (Lipinski definition) is 2. The van der Waals surface area contributed by atoms with Gasteiger partial charge in [-0.25, -0.2) is 0 Å². The summed E-state index contributed by atoms with van der Waals surface area (Å²) in [7, 11) is 0. The lowest BCUT2D eigenvalue weighted by molar-refractivity contribution is 0.108. The molecule has 0 aromatic heterocycles. The summed E-state index contributed by atoms with van der Waals surface area (Å²) in [6.07, 6.45) is 18.9. The van der Waals surface area contributed by atoms with Crippen LogP contribution in [0, 0.1) is 0 Å². The molecule has 25 heavy (non-hydrogen) atoms. The Hall–Kier alpha value is -1.28. The van der Waals surface area contributed by atoms with Crippen molar-refractivity contribution in [2.45, 2.75) is 77.6 Å². The molecule has 0 amide bonds. The van der Waals surface area contributed by atoms with Crippen molar-refractivity contribution in [2.75, 3.05) is 11.9 Å². The number of anilines is 1. The van der Waals surface area contributed by atoms with Gasteiger partial charge in [0.2, 0.25) is 0 Å². The predicted octanol–water partition coefficient (Wildman–Crippen LogP) is 7.34. The highest BCUT2D eigenvalue weighted by molar-refractivity contribution is 6.68. The molecule has 0 spiro atoms. The van der Waals surface area contributed by atoms with Crippen molar-refractivity contribution in [3.05, 3.63) is 42.0 Å². The third-order valence-corrected chi connectivity index (χ3v) is 4.60. The van der Waals surface area contributed by atoms with Gasteiger partial charge in [-0.15, -0.1) is 0 Å². The maximum Gasteiger partial charge on any atom is 0.254 e. The van der Waals surface area contributed by atoms with Crippen LogP contribution in [0.25, 0.3) is 0 Å². The Labute approximate surface area is 159 Å². The predicted molar refractivity (Wildman–Crippen MR) is 111 cm³/mol. The highest BCUT2D eigenvalue weighted by atomic mass is 35.5. The van der Waals surface area contributed by atoms with E-state index < -0.39 is 5.24 Å². The van der Waals surface area contributed by atoms with Crippen LogP contribution in [0.5, 0.6) is 0 Å².